The lowest BCUT2D eigenvalue weighted by molar-refractivity contribution is -0.116. The van der Waals surface area contributed by atoms with Crippen LogP contribution in [0.2, 0.25) is 0 Å². The van der Waals surface area contributed by atoms with E-state index in [0.717, 1.165) is 22.8 Å². The van der Waals surface area contributed by atoms with E-state index in [1.165, 1.54) is 0 Å². The van der Waals surface area contributed by atoms with Crippen LogP contribution in [0.25, 0.3) is 0 Å². The first-order valence-electron chi connectivity index (χ1n) is 4.31. The van der Waals surface area contributed by atoms with Crippen molar-refractivity contribution in [1.82, 2.24) is 9.97 Å². The zero-order chi connectivity index (χ0) is 10.0. The van der Waals surface area contributed by atoms with Crippen molar-refractivity contribution < 1.29 is 4.79 Å². The number of nitrogens with zero attached hydrogens (tertiary/aromatic N) is 2. The van der Waals surface area contributed by atoms with Crippen molar-refractivity contribution in [3.05, 3.63) is 22.8 Å². The highest BCUT2D eigenvalue weighted by Gasteiger charge is 2.06. The molecule has 0 aliphatic heterocycles. The molecule has 1 heterocycles. The summed E-state index contributed by atoms with van der Waals surface area (Å²) in [4.78, 5) is 19.5. The molecule has 1 aromatic heterocycles. The van der Waals surface area contributed by atoms with Crippen LogP contribution in [0.4, 0.5) is 0 Å². The van der Waals surface area contributed by atoms with Crippen LogP contribution in [-0.2, 0) is 11.2 Å². The first kappa shape index (κ1) is 9.84. The van der Waals surface area contributed by atoms with E-state index in [-0.39, 0.29) is 5.78 Å². The van der Waals surface area contributed by atoms with Crippen LogP contribution in [0, 0.1) is 20.8 Å². The highest BCUT2D eigenvalue weighted by molar-refractivity contribution is 5.77. The molecule has 3 nitrogen and oxygen atoms in total. The summed E-state index contributed by atoms with van der Waals surface area (Å²) >= 11 is 0. The van der Waals surface area contributed by atoms with Crippen molar-refractivity contribution >= 4 is 5.78 Å². The van der Waals surface area contributed by atoms with Crippen LogP contribution >= 0.6 is 0 Å². The van der Waals surface area contributed by atoms with Crippen molar-refractivity contribution in [1.29, 1.82) is 0 Å². The maximum absolute atomic E-state index is 10.9. The third kappa shape index (κ3) is 2.34. The van der Waals surface area contributed by atoms with E-state index in [1.807, 2.05) is 20.8 Å². The first-order chi connectivity index (χ1) is 6.00. The van der Waals surface area contributed by atoms with Gasteiger partial charge in [-0.15, -0.1) is 0 Å². The van der Waals surface area contributed by atoms with E-state index >= 15 is 0 Å². The molecule has 0 radical (unpaired) electrons. The van der Waals surface area contributed by atoms with Crippen LogP contribution in [0.1, 0.15) is 29.7 Å². The van der Waals surface area contributed by atoms with Crippen LogP contribution < -0.4 is 0 Å². The van der Waals surface area contributed by atoms with E-state index in [0.29, 0.717) is 6.42 Å². The predicted octanol–water partition coefficient (Wildman–Crippen LogP) is 1.53. The SMILES string of the molecule is CC(=O)Cc1nc(C)c(C)nc1C. The van der Waals surface area contributed by atoms with Crippen molar-refractivity contribution in [2.24, 2.45) is 0 Å². The maximum atomic E-state index is 10.9. The fourth-order valence-electron chi connectivity index (χ4n) is 1.16. The smallest absolute Gasteiger partial charge is 0.135 e. The van der Waals surface area contributed by atoms with Crippen molar-refractivity contribution in [3.8, 4) is 0 Å². The van der Waals surface area contributed by atoms with Gasteiger partial charge in [0.2, 0.25) is 0 Å². The minimum Gasteiger partial charge on any atom is -0.300 e. The number of aromatic nitrogens is 2. The van der Waals surface area contributed by atoms with Gasteiger partial charge in [-0.25, -0.2) is 0 Å². The topological polar surface area (TPSA) is 42.9 Å². The number of carbonyl (C=O) groups excluding carboxylic acids is 1. The molecule has 0 spiro atoms. The Morgan fingerprint density at radius 1 is 1.08 bits per heavy atom. The van der Waals surface area contributed by atoms with Gasteiger partial charge in [-0.3, -0.25) is 14.8 Å². The number of ketones is 1. The Labute approximate surface area is 78.2 Å². The van der Waals surface area contributed by atoms with Gasteiger partial charge in [0.05, 0.1) is 29.2 Å². The predicted molar refractivity (Wildman–Crippen MR) is 50.6 cm³/mol. The fraction of sp³-hybridized carbons (Fsp3) is 0.500. The largest absolute Gasteiger partial charge is 0.300 e. The lowest BCUT2D eigenvalue weighted by Crippen LogP contribution is -2.06. The number of rotatable bonds is 2. The second-order valence-electron chi connectivity index (χ2n) is 3.31. The molecule has 0 bridgehead atoms. The van der Waals surface area contributed by atoms with Crippen molar-refractivity contribution in [3.63, 3.8) is 0 Å². The highest BCUT2D eigenvalue weighted by atomic mass is 16.1. The van der Waals surface area contributed by atoms with Gasteiger partial charge in [0.25, 0.3) is 0 Å². The van der Waals surface area contributed by atoms with Gasteiger partial charge >= 0.3 is 0 Å². The van der Waals surface area contributed by atoms with Gasteiger partial charge in [-0.1, -0.05) is 0 Å². The second-order valence-corrected chi connectivity index (χ2v) is 3.31. The van der Waals surface area contributed by atoms with Gasteiger partial charge in [-0.05, 0) is 27.7 Å². The molecule has 0 saturated heterocycles. The van der Waals surface area contributed by atoms with E-state index in [1.54, 1.807) is 6.92 Å². The molecule has 70 valence electrons. The van der Waals surface area contributed by atoms with E-state index in [4.69, 9.17) is 0 Å². The molecule has 1 rings (SSSR count). The molecular formula is C10H14N2O. The number of hydrogen-bond acceptors (Lipinski definition) is 3. The summed E-state index contributed by atoms with van der Waals surface area (Å²) < 4.78 is 0. The standard InChI is InChI=1S/C10H14N2O/c1-6(13)5-10-9(4)11-7(2)8(3)12-10/h5H2,1-4H3. The third-order valence-corrected chi connectivity index (χ3v) is 2.00. The monoisotopic (exact) mass is 178 g/mol. The quantitative estimate of drug-likeness (QED) is 0.689. The normalized spacial score (nSPS) is 10.2. The molecule has 0 amide bonds. The zero-order valence-corrected chi connectivity index (χ0v) is 8.51. The Hall–Kier alpha value is -1.25. The summed E-state index contributed by atoms with van der Waals surface area (Å²) in [6.45, 7) is 7.28. The highest BCUT2D eigenvalue weighted by Crippen LogP contribution is 2.07. The average molecular weight is 178 g/mol. The Balaban J connectivity index is 3.08. The molecule has 1 aromatic rings. The second kappa shape index (κ2) is 3.64. The minimum absolute atomic E-state index is 0.126. The average Bonchev–Trinajstić information content (AvgIpc) is 1.99. The van der Waals surface area contributed by atoms with Gasteiger partial charge in [-0.2, -0.15) is 0 Å². The van der Waals surface area contributed by atoms with Gasteiger partial charge in [0.1, 0.15) is 5.78 Å². The summed E-state index contributed by atoms with van der Waals surface area (Å²) in [5, 5.41) is 0. The van der Waals surface area contributed by atoms with Crippen LogP contribution in [-0.4, -0.2) is 15.8 Å². The molecule has 13 heavy (non-hydrogen) atoms. The summed E-state index contributed by atoms with van der Waals surface area (Å²) in [6, 6.07) is 0. The zero-order valence-electron chi connectivity index (χ0n) is 8.51. The Morgan fingerprint density at radius 3 is 2.15 bits per heavy atom. The molecule has 0 atom stereocenters. The summed E-state index contributed by atoms with van der Waals surface area (Å²) in [6.07, 6.45) is 0.389. The summed E-state index contributed by atoms with van der Waals surface area (Å²) in [5.41, 5.74) is 3.50. The number of Topliss-reactive ketones (excluding diaryl/α,β-unsaturated/α-hetero) is 1. The molecule has 0 N–H and O–H groups in total. The van der Waals surface area contributed by atoms with Crippen LogP contribution in [0.15, 0.2) is 0 Å². The molecular weight excluding hydrogens is 164 g/mol. The molecule has 0 unspecified atom stereocenters. The summed E-state index contributed by atoms with van der Waals surface area (Å²) in [7, 11) is 0. The third-order valence-electron chi connectivity index (χ3n) is 2.00. The van der Waals surface area contributed by atoms with E-state index in [2.05, 4.69) is 9.97 Å². The van der Waals surface area contributed by atoms with E-state index in [9.17, 15) is 4.79 Å². The van der Waals surface area contributed by atoms with Gasteiger partial charge in [0, 0.05) is 0 Å². The fourth-order valence-corrected chi connectivity index (χ4v) is 1.16. The Kier molecular flexibility index (Phi) is 2.76. The lowest BCUT2D eigenvalue weighted by atomic mass is 10.2. The van der Waals surface area contributed by atoms with Crippen molar-refractivity contribution in [2.45, 2.75) is 34.1 Å². The van der Waals surface area contributed by atoms with Crippen LogP contribution in [0.5, 0.6) is 0 Å². The maximum Gasteiger partial charge on any atom is 0.135 e. The van der Waals surface area contributed by atoms with Crippen molar-refractivity contribution in [2.75, 3.05) is 0 Å². The molecule has 0 fully saturated rings. The van der Waals surface area contributed by atoms with Gasteiger partial charge < -0.3 is 0 Å². The Bertz CT molecular complexity index is 345. The molecule has 0 aliphatic rings. The number of hydrogen-bond donors (Lipinski definition) is 0. The van der Waals surface area contributed by atoms with E-state index < -0.39 is 0 Å². The lowest BCUT2D eigenvalue weighted by Gasteiger charge is -2.05. The molecule has 0 aliphatic carbocycles. The number of carbonyl (C=O) groups is 1. The minimum atomic E-state index is 0.126. The molecule has 3 heteroatoms. The summed E-state index contributed by atoms with van der Waals surface area (Å²) in [5.74, 6) is 0.126. The first-order valence-corrected chi connectivity index (χ1v) is 4.31. The number of aryl methyl sites for hydroxylation is 3. The molecule has 0 aromatic carbocycles. The Morgan fingerprint density at radius 2 is 1.62 bits per heavy atom. The van der Waals surface area contributed by atoms with Gasteiger partial charge in [0.15, 0.2) is 0 Å². The van der Waals surface area contributed by atoms with Crippen LogP contribution in [0.3, 0.4) is 0 Å². The molecule has 0 saturated carbocycles.